The van der Waals surface area contributed by atoms with E-state index >= 15 is 0 Å². The predicted octanol–water partition coefficient (Wildman–Crippen LogP) is 1.73. The van der Waals surface area contributed by atoms with Crippen LogP contribution >= 0.6 is 0 Å². The van der Waals surface area contributed by atoms with Gasteiger partial charge in [-0.05, 0) is 12.1 Å². The zero-order valence-electron chi connectivity index (χ0n) is 9.95. The third kappa shape index (κ3) is 5.53. The van der Waals surface area contributed by atoms with Crippen molar-refractivity contribution in [1.29, 1.82) is 0 Å². The number of carbonyl (C=O) groups is 1. The van der Waals surface area contributed by atoms with E-state index in [1.165, 1.54) is 6.20 Å². The van der Waals surface area contributed by atoms with Crippen LogP contribution in [0, 0.1) is 0 Å². The van der Waals surface area contributed by atoms with E-state index in [1.807, 2.05) is 0 Å². The lowest BCUT2D eigenvalue weighted by atomic mass is 10.3. The van der Waals surface area contributed by atoms with Gasteiger partial charge in [-0.3, -0.25) is 4.79 Å². The average molecular weight is 259 g/mol. The molecule has 0 unspecified atom stereocenters. The first-order valence-electron chi connectivity index (χ1n) is 5.41. The first-order valence-corrected chi connectivity index (χ1v) is 5.41. The van der Waals surface area contributed by atoms with Gasteiger partial charge in [-0.2, -0.15) is 0 Å². The molecule has 0 aliphatic rings. The second-order valence-corrected chi connectivity index (χ2v) is 3.45. The van der Waals surface area contributed by atoms with Crippen molar-refractivity contribution in [3.05, 3.63) is 18.3 Å². The molecule has 0 saturated carbocycles. The number of halogens is 2. The van der Waals surface area contributed by atoms with E-state index in [2.05, 4.69) is 20.4 Å². The summed E-state index contributed by atoms with van der Waals surface area (Å²) in [6.45, 7) is -0.677. The molecule has 1 amide bonds. The molecular formula is C11H15F2N3O2. The number of ether oxygens (including phenoxy) is 1. The minimum Gasteiger partial charge on any atom is -0.375 e. The number of nitrogens with zero attached hydrogens (tertiary/aromatic N) is 1. The predicted molar refractivity (Wildman–Crippen MR) is 63.9 cm³/mol. The largest absolute Gasteiger partial charge is 0.375 e. The summed E-state index contributed by atoms with van der Waals surface area (Å²) in [5, 5.41) is 5.43. The number of anilines is 2. The molecule has 5 nitrogen and oxygen atoms in total. The molecule has 0 bridgehead atoms. The summed E-state index contributed by atoms with van der Waals surface area (Å²) in [5.41, 5.74) is 0.549. The van der Waals surface area contributed by atoms with Crippen LogP contribution in [-0.4, -0.2) is 37.6 Å². The lowest BCUT2D eigenvalue weighted by Crippen LogP contribution is -2.15. The van der Waals surface area contributed by atoms with Crippen molar-refractivity contribution in [3.63, 3.8) is 0 Å². The fourth-order valence-electron chi connectivity index (χ4n) is 1.18. The highest BCUT2D eigenvalue weighted by molar-refractivity contribution is 5.90. The Morgan fingerprint density at radius 1 is 1.50 bits per heavy atom. The molecule has 1 rings (SSSR count). The van der Waals surface area contributed by atoms with Gasteiger partial charge in [-0.15, -0.1) is 0 Å². The van der Waals surface area contributed by atoms with Gasteiger partial charge in [0.25, 0.3) is 6.43 Å². The fraction of sp³-hybridized carbons (Fsp3) is 0.455. The van der Waals surface area contributed by atoms with Crippen molar-refractivity contribution in [1.82, 2.24) is 4.98 Å². The number of hydrogen-bond donors (Lipinski definition) is 2. The molecule has 0 fully saturated rings. The van der Waals surface area contributed by atoms with E-state index in [1.54, 1.807) is 19.2 Å². The van der Waals surface area contributed by atoms with Crippen LogP contribution in [0.15, 0.2) is 18.3 Å². The summed E-state index contributed by atoms with van der Waals surface area (Å²) < 4.78 is 28.1. The van der Waals surface area contributed by atoms with Crippen LogP contribution in [0.3, 0.4) is 0 Å². The van der Waals surface area contributed by atoms with E-state index < -0.39 is 13.0 Å². The van der Waals surface area contributed by atoms with Gasteiger partial charge >= 0.3 is 0 Å². The van der Waals surface area contributed by atoms with Crippen molar-refractivity contribution in [2.24, 2.45) is 0 Å². The van der Waals surface area contributed by atoms with E-state index in [0.717, 1.165) is 0 Å². The summed E-state index contributed by atoms with van der Waals surface area (Å²) in [6, 6.07) is 3.40. The number of pyridine rings is 1. The normalized spacial score (nSPS) is 10.4. The van der Waals surface area contributed by atoms with Crippen molar-refractivity contribution in [3.8, 4) is 0 Å². The Hall–Kier alpha value is -1.76. The van der Waals surface area contributed by atoms with Gasteiger partial charge in [-0.25, -0.2) is 13.8 Å². The second kappa shape index (κ2) is 7.54. The zero-order chi connectivity index (χ0) is 13.4. The molecule has 1 aromatic heterocycles. The highest BCUT2D eigenvalue weighted by Crippen LogP contribution is 2.09. The Bertz CT molecular complexity index is 371. The van der Waals surface area contributed by atoms with Crippen LogP contribution in [0.1, 0.15) is 6.42 Å². The molecule has 1 aromatic rings. The van der Waals surface area contributed by atoms with E-state index in [0.29, 0.717) is 11.5 Å². The van der Waals surface area contributed by atoms with Crippen molar-refractivity contribution in [2.75, 3.05) is 30.9 Å². The summed E-state index contributed by atoms with van der Waals surface area (Å²) in [6.07, 6.45) is -0.976. The summed E-state index contributed by atoms with van der Waals surface area (Å²) in [5.74, 6) is 0.386. The van der Waals surface area contributed by atoms with Crippen LogP contribution in [0.4, 0.5) is 20.3 Å². The van der Waals surface area contributed by atoms with E-state index in [9.17, 15) is 13.6 Å². The molecule has 2 N–H and O–H groups in total. The number of amides is 1. The van der Waals surface area contributed by atoms with E-state index in [-0.39, 0.29) is 18.9 Å². The van der Waals surface area contributed by atoms with Crippen LogP contribution in [0.25, 0.3) is 0 Å². The van der Waals surface area contributed by atoms with Crippen molar-refractivity contribution in [2.45, 2.75) is 12.8 Å². The van der Waals surface area contributed by atoms with Gasteiger partial charge in [0.2, 0.25) is 5.91 Å². The van der Waals surface area contributed by atoms with Gasteiger partial charge in [0.05, 0.1) is 24.9 Å². The molecule has 0 saturated heterocycles. The monoisotopic (exact) mass is 259 g/mol. The molecule has 0 atom stereocenters. The minimum atomic E-state index is -2.51. The zero-order valence-corrected chi connectivity index (χ0v) is 9.95. The maximum absolute atomic E-state index is 11.7. The fourth-order valence-corrected chi connectivity index (χ4v) is 1.18. The summed E-state index contributed by atoms with van der Waals surface area (Å²) >= 11 is 0. The van der Waals surface area contributed by atoms with Crippen LogP contribution in [0.5, 0.6) is 0 Å². The van der Waals surface area contributed by atoms with Crippen molar-refractivity contribution >= 4 is 17.4 Å². The third-order valence-corrected chi connectivity index (χ3v) is 2.02. The quantitative estimate of drug-likeness (QED) is 0.732. The molecule has 7 heteroatoms. The number of alkyl halides is 2. The van der Waals surface area contributed by atoms with Crippen LogP contribution < -0.4 is 10.6 Å². The summed E-state index contributed by atoms with van der Waals surface area (Å²) in [4.78, 5) is 15.4. The molecule has 0 spiro atoms. The standard InChI is InChI=1S/C11H15F2N3O2/c1-14-10-3-2-8(6-15-10)16-11(17)4-5-18-7-9(12)13/h2-3,6,9H,4-5,7H2,1H3,(H,14,15)(H,16,17). The smallest absolute Gasteiger partial charge is 0.261 e. The molecule has 0 aromatic carbocycles. The third-order valence-electron chi connectivity index (χ3n) is 2.02. The van der Waals surface area contributed by atoms with Crippen molar-refractivity contribution < 1.29 is 18.3 Å². The Kier molecular flexibility index (Phi) is 5.99. The second-order valence-electron chi connectivity index (χ2n) is 3.45. The van der Waals surface area contributed by atoms with Gasteiger partial charge < -0.3 is 15.4 Å². The van der Waals surface area contributed by atoms with Gasteiger partial charge in [0, 0.05) is 7.05 Å². The Labute approximate surface area is 104 Å². The molecule has 0 radical (unpaired) electrons. The molecule has 0 aliphatic heterocycles. The average Bonchev–Trinajstić information content (AvgIpc) is 2.35. The molecule has 100 valence electrons. The maximum Gasteiger partial charge on any atom is 0.261 e. The number of aromatic nitrogens is 1. The summed E-state index contributed by atoms with van der Waals surface area (Å²) in [7, 11) is 1.74. The topological polar surface area (TPSA) is 63.2 Å². The lowest BCUT2D eigenvalue weighted by molar-refractivity contribution is -0.117. The lowest BCUT2D eigenvalue weighted by Gasteiger charge is -2.06. The highest BCUT2D eigenvalue weighted by atomic mass is 19.3. The van der Waals surface area contributed by atoms with E-state index in [4.69, 9.17) is 0 Å². The number of nitrogens with one attached hydrogen (secondary N) is 2. The van der Waals surface area contributed by atoms with Gasteiger partial charge in [0.15, 0.2) is 0 Å². The van der Waals surface area contributed by atoms with Crippen LogP contribution in [0.2, 0.25) is 0 Å². The minimum absolute atomic E-state index is 0.0283. The maximum atomic E-state index is 11.7. The number of carbonyl (C=O) groups excluding carboxylic acids is 1. The molecule has 0 aliphatic carbocycles. The SMILES string of the molecule is CNc1ccc(NC(=O)CCOCC(F)F)cn1. The molecular weight excluding hydrogens is 244 g/mol. The van der Waals surface area contributed by atoms with Gasteiger partial charge in [-0.1, -0.05) is 0 Å². The first-order chi connectivity index (χ1) is 8.61. The number of hydrogen-bond acceptors (Lipinski definition) is 4. The molecule has 18 heavy (non-hydrogen) atoms. The first kappa shape index (κ1) is 14.3. The highest BCUT2D eigenvalue weighted by Gasteiger charge is 2.05. The Morgan fingerprint density at radius 3 is 2.83 bits per heavy atom. The molecule has 1 heterocycles. The van der Waals surface area contributed by atoms with Crippen LogP contribution in [-0.2, 0) is 9.53 Å². The number of rotatable bonds is 7. The Balaban J connectivity index is 2.26. The Morgan fingerprint density at radius 2 is 2.28 bits per heavy atom. The van der Waals surface area contributed by atoms with Gasteiger partial charge in [0.1, 0.15) is 12.4 Å².